The Kier molecular flexibility index (Phi) is 5.19. The van der Waals surface area contributed by atoms with Crippen LogP contribution in [0.1, 0.15) is 18.9 Å². The van der Waals surface area contributed by atoms with E-state index in [0.29, 0.717) is 0 Å². The summed E-state index contributed by atoms with van der Waals surface area (Å²) in [4.78, 5) is 0. The normalized spacial score (nSPS) is 11.8. The minimum absolute atomic E-state index is 0.740. The molecule has 0 fully saturated rings. The van der Waals surface area contributed by atoms with Gasteiger partial charge in [0, 0.05) is 3.57 Å². The maximum absolute atomic E-state index is 5.44. The molecule has 0 aliphatic heterocycles. The van der Waals surface area contributed by atoms with Gasteiger partial charge >= 0.3 is 0 Å². The van der Waals surface area contributed by atoms with Crippen molar-refractivity contribution in [2.75, 3.05) is 6.54 Å². The lowest BCUT2D eigenvalue weighted by atomic mass is 10.1. The Bertz CT molecular complexity index is 301. The van der Waals surface area contributed by atoms with Crippen molar-refractivity contribution in [3.05, 3.63) is 45.0 Å². The van der Waals surface area contributed by atoms with Gasteiger partial charge in [-0.05, 0) is 66.6 Å². The first-order chi connectivity index (χ1) is 6.72. The van der Waals surface area contributed by atoms with Crippen LogP contribution in [-0.4, -0.2) is 6.54 Å². The molecule has 14 heavy (non-hydrogen) atoms. The number of benzene rings is 1. The molecule has 1 aromatic rings. The molecule has 0 unspecified atom stereocenters. The summed E-state index contributed by atoms with van der Waals surface area (Å²) in [6.45, 7) is 2.90. The van der Waals surface area contributed by atoms with Crippen LogP contribution in [0.2, 0.25) is 0 Å². The number of rotatable bonds is 4. The Morgan fingerprint density at radius 3 is 2.57 bits per heavy atom. The van der Waals surface area contributed by atoms with E-state index in [1.165, 1.54) is 14.7 Å². The van der Waals surface area contributed by atoms with Crippen molar-refractivity contribution in [3.8, 4) is 0 Å². The Morgan fingerprint density at radius 1 is 1.36 bits per heavy atom. The van der Waals surface area contributed by atoms with E-state index in [1.54, 1.807) is 0 Å². The Hall–Kier alpha value is -0.350. The van der Waals surface area contributed by atoms with Crippen molar-refractivity contribution < 1.29 is 0 Å². The highest BCUT2D eigenvalue weighted by Crippen LogP contribution is 2.11. The first-order valence-corrected chi connectivity index (χ1v) is 5.90. The average molecular weight is 301 g/mol. The summed E-state index contributed by atoms with van der Waals surface area (Å²) < 4.78 is 1.29. The fourth-order valence-electron chi connectivity index (χ4n) is 1.33. The zero-order valence-electron chi connectivity index (χ0n) is 8.46. The summed E-state index contributed by atoms with van der Waals surface area (Å²) in [5.74, 6) is 0. The maximum atomic E-state index is 5.44. The van der Waals surface area contributed by atoms with E-state index in [4.69, 9.17) is 5.73 Å². The first-order valence-electron chi connectivity index (χ1n) is 4.82. The third kappa shape index (κ3) is 4.24. The SMILES string of the molecule is CC(=CCCN)Cc1ccc(I)cc1. The second-order valence-corrected chi connectivity index (χ2v) is 4.68. The van der Waals surface area contributed by atoms with Crippen LogP contribution in [0, 0.1) is 3.57 Å². The van der Waals surface area contributed by atoms with Crippen LogP contribution < -0.4 is 5.73 Å². The number of halogens is 1. The van der Waals surface area contributed by atoms with Gasteiger partial charge in [-0.3, -0.25) is 0 Å². The number of allylic oxidation sites excluding steroid dienone is 1. The highest BCUT2D eigenvalue weighted by Gasteiger charge is 1.94. The molecular weight excluding hydrogens is 285 g/mol. The van der Waals surface area contributed by atoms with E-state index in [2.05, 4.69) is 59.9 Å². The van der Waals surface area contributed by atoms with Crippen LogP contribution in [0.4, 0.5) is 0 Å². The van der Waals surface area contributed by atoms with E-state index in [0.717, 1.165) is 19.4 Å². The highest BCUT2D eigenvalue weighted by molar-refractivity contribution is 14.1. The van der Waals surface area contributed by atoms with Crippen molar-refractivity contribution in [2.24, 2.45) is 5.73 Å². The van der Waals surface area contributed by atoms with Gasteiger partial charge in [-0.25, -0.2) is 0 Å². The molecule has 1 rings (SSSR count). The van der Waals surface area contributed by atoms with Crippen LogP contribution in [0.25, 0.3) is 0 Å². The molecule has 0 aromatic heterocycles. The van der Waals surface area contributed by atoms with Crippen molar-refractivity contribution >= 4 is 22.6 Å². The van der Waals surface area contributed by atoms with Crippen LogP contribution in [0.5, 0.6) is 0 Å². The zero-order valence-corrected chi connectivity index (χ0v) is 10.6. The molecule has 0 saturated carbocycles. The Labute approximate surface area is 99.5 Å². The lowest BCUT2D eigenvalue weighted by Crippen LogP contribution is -1.96. The van der Waals surface area contributed by atoms with E-state index < -0.39 is 0 Å². The van der Waals surface area contributed by atoms with Crippen LogP contribution in [0.15, 0.2) is 35.9 Å². The minimum atomic E-state index is 0.740. The highest BCUT2D eigenvalue weighted by atomic mass is 127. The Balaban J connectivity index is 2.56. The van der Waals surface area contributed by atoms with E-state index >= 15 is 0 Å². The van der Waals surface area contributed by atoms with Crippen molar-refractivity contribution in [3.63, 3.8) is 0 Å². The van der Waals surface area contributed by atoms with Gasteiger partial charge < -0.3 is 5.73 Å². The first kappa shape index (κ1) is 11.7. The zero-order chi connectivity index (χ0) is 10.4. The van der Waals surface area contributed by atoms with Crippen LogP contribution in [0.3, 0.4) is 0 Å². The fourth-order valence-corrected chi connectivity index (χ4v) is 1.69. The van der Waals surface area contributed by atoms with Crippen molar-refractivity contribution in [1.29, 1.82) is 0 Å². The summed E-state index contributed by atoms with van der Waals surface area (Å²) in [6.07, 6.45) is 4.24. The molecule has 1 aromatic carbocycles. The molecule has 76 valence electrons. The van der Waals surface area contributed by atoms with E-state index in [9.17, 15) is 0 Å². The number of nitrogens with two attached hydrogens (primary N) is 1. The van der Waals surface area contributed by atoms with Crippen molar-refractivity contribution in [1.82, 2.24) is 0 Å². The lowest BCUT2D eigenvalue weighted by Gasteiger charge is -2.02. The predicted octanol–water partition coefficient (Wildman–Crippen LogP) is 3.13. The number of hydrogen-bond donors (Lipinski definition) is 1. The van der Waals surface area contributed by atoms with Gasteiger partial charge in [-0.15, -0.1) is 0 Å². The summed E-state index contributed by atoms with van der Waals surface area (Å²) in [7, 11) is 0. The summed E-state index contributed by atoms with van der Waals surface area (Å²) in [5, 5.41) is 0. The molecule has 0 heterocycles. The molecule has 2 heteroatoms. The number of hydrogen-bond acceptors (Lipinski definition) is 1. The molecular formula is C12H16IN. The third-order valence-electron chi connectivity index (χ3n) is 2.06. The van der Waals surface area contributed by atoms with E-state index in [1.807, 2.05) is 0 Å². The summed E-state index contributed by atoms with van der Waals surface area (Å²) >= 11 is 2.32. The lowest BCUT2D eigenvalue weighted by molar-refractivity contribution is 0.981. The van der Waals surface area contributed by atoms with Gasteiger partial charge in [-0.1, -0.05) is 23.8 Å². The molecule has 0 bridgehead atoms. The summed E-state index contributed by atoms with van der Waals surface area (Å²) in [6, 6.07) is 8.65. The fraction of sp³-hybridized carbons (Fsp3) is 0.333. The van der Waals surface area contributed by atoms with Crippen LogP contribution in [-0.2, 0) is 6.42 Å². The maximum Gasteiger partial charge on any atom is 0.0130 e. The standard InChI is InChI=1S/C12H16IN/c1-10(3-2-8-14)9-11-4-6-12(13)7-5-11/h3-7H,2,8-9,14H2,1H3. The van der Waals surface area contributed by atoms with Gasteiger partial charge in [0.1, 0.15) is 0 Å². The second kappa shape index (κ2) is 6.19. The minimum Gasteiger partial charge on any atom is -0.330 e. The topological polar surface area (TPSA) is 26.0 Å². The molecule has 1 nitrogen and oxygen atoms in total. The molecule has 0 aliphatic rings. The summed E-state index contributed by atoms with van der Waals surface area (Å²) in [5.41, 5.74) is 8.22. The Morgan fingerprint density at radius 2 is 2.00 bits per heavy atom. The average Bonchev–Trinajstić information content (AvgIpc) is 2.18. The second-order valence-electron chi connectivity index (χ2n) is 3.43. The monoisotopic (exact) mass is 301 g/mol. The quantitative estimate of drug-likeness (QED) is 0.671. The third-order valence-corrected chi connectivity index (χ3v) is 2.77. The van der Waals surface area contributed by atoms with Crippen molar-refractivity contribution in [2.45, 2.75) is 19.8 Å². The molecule has 0 amide bonds. The molecule has 0 atom stereocenters. The smallest absolute Gasteiger partial charge is 0.0130 e. The van der Waals surface area contributed by atoms with Gasteiger partial charge in [0.25, 0.3) is 0 Å². The largest absolute Gasteiger partial charge is 0.330 e. The molecule has 0 aliphatic carbocycles. The van der Waals surface area contributed by atoms with Gasteiger partial charge in [0.15, 0.2) is 0 Å². The molecule has 0 spiro atoms. The van der Waals surface area contributed by atoms with E-state index in [-0.39, 0.29) is 0 Å². The predicted molar refractivity (Wildman–Crippen MR) is 70.3 cm³/mol. The molecule has 0 saturated heterocycles. The molecule has 0 radical (unpaired) electrons. The van der Waals surface area contributed by atoms with Gasteiger partial charge in [0.2, 0.25) is 0 Å². The van der Waals surface area contributed by atoms with Gasteiger partial charge in [-0.2, -0.15) is 0 Å². The molecule has 2 N–H and O–H groups in total. The van der Waals surface area contributed by atoms with Crippen LogP contribution >= 0.6 is 22.6 Å². The van der Waals surface area contributed by atoms with Gasteiger partial charge in [0.05, 0.1) is 0 Å².